The number of anilines is 2. The van der Waals surface area contributed by atoms with Gasteiger partial charge in [-0.15, -0.1) is 0 Å². The van der Waals surface area contributed by atoms with Crippen LogP contribution in [0.5, 0.6) is 11.5 Å². The van der Waals surface area contributed by atoms with E-state index in [2.05, 4.69) is 12.2 Å². The van der Waals surface area contributed by atoms with Gasteiger partial charge in [-0.25, -0.2) is 4.90 Å². The highest BCUT2D eigenvalue weighted by Gasteiger charge is 2.40. The van der Waals surface area contributed by atoms with Gasteiger partial charge < -0.3 is 14.8 Å². The summed E-state index contributed by atoms with van der Waals surface area (Å²) in [6.45, 7) is 4.51. The van der Waals surface area contributed by atoms with Crippen molar-refractivity contribution in [3.63, 3.8) is 0 Å². The molecule has 3 aromatic rings. The number of nitrogens with one attached hydrogen (secondary N) is 1. The third-order valence-corrected chi connectivity index (χ3v) is 5.51. The monoisotopic (exact) mass is 442 g/mol. The summed E-state index contributed by atoms with van der Waals surface area (Å²) in [6, 6.07) is 21.9. The minimum Gasteiger partial charge on any atom is -0.495 e. The first-order chi connectivity index (χ1) is 16.1. The van der Waals surface area contributed by atoms with Crippen LogP contribution in [0.4, 0.5) is 11.4 Å². The van der Waals surface area contributed by atoms with E-state index in [1.807, 2.05) is 31.2 Å². The number of carbonyl (C=O) groups is 2. The molecule has 0 spiro atoms. The molecule has 1 aliphatic heterocycles. The largest absolute Gasteiger partial charge is 0.495 e. The molecule has 33 heavy (non-hydrogen) atoms. The van der Waals surface area contributed by atoms with E-state index in [1.54, 1.807) is 55.6 Å². The van der Waals surface area contributed by atoms with Gasteiger partial charge in [0.15, 0.2) is 0 Å². The Labute approximate surface area is 193 Å². The highest BCUT2D eigenvalue weighted by molar-refractivity contribution is 6.46. The number of hydrogen-bond acceptors (Lipinski definition) is 5. The van der Waals surface area contributed by atoms with Gasteiger partial charge in [-0.05, 0) is 60.9 Å². The first-order valence-corrected chi connectivity index (χ1v) is 10.9. The van der Waals surface area contributed by atoms with Crippen molar-refractivity contribution in [2.75, 3.05) is 23.9 Å². The van der Waals surface area contributed by atoms with E-state index in [0.29, 0.717) is 40.6 Å². The number of nitrogens with zero attached hydrogens (tertiary/aromatic N) is 1. The molecule has 1 aliphatic rings. The van der Waals surface area contributed by atoms with Gasteiger partial charge in [0.1, 0.15) is 17.2 Å². The van der Waals surface area contributed by atoms with Crippen LogP contribution in [0.25, 0.3) is 5.57 Å². The first-order valence-electron chi connectivity index (χ1n) is 10.9. The van der Waals surface area contributed by atoms with Crippen LogP contribution in [0.1, 0.15) is 25.0 Å². The second kappa shape index (κ2) is 9.61. The average Bonchev–Trinajstić information content (AvgIpc) is 3.09. The van der Waals surface area contributed by atoms with E-state index in [9.17, 15) is 9.59 Å². The number of rotatable bonds is 8. The Kier molecular flexibility index (Phi) is 6.45. The van der Waals surface area contributed by atoms with Gasteiger partial charge in [0.2, 0.25) is 0 Å². The number of para-hydroxylation sites is 2. The number of amides is 2. The number of ether oxygens (including phenoxy) is 2. The molecular weight excluding hydrogens is 416 g/mol. The van der Waals surface area contributed by atoms with Crippen LogP contribution in [0.2, 0.25) is 0 Å². The smallest absolute Gasteiger partial charge is 0.282 e. The predicted octanol–water partition coefficient (Wildman–Crippen LogP) is 5.05. The van der Waals surface area contributed by atoms with Crippen molar-refractivity contribution in [1.82, 2.24) is 0 Å². The zero-order chi connectivity index (χ0) is 23.4. The van der Waals surface area contributed by atoms with Crippen LogP contribution in [-0.4, -0.2) is 25.5 Å². The summed E-state index contributed by atoms with van der Waals surface area (Å²) in [5, 5.41) is 3.16. The Morgan fingerprint density at radius 2 is 1.55 bits per heavy atom. The van der Waals surface area contributed by atoms with Crippen LogP contribution in [-0.2, 0) is 16.0 Å². The first kappa shape index (κ1) is 22.1. The standard InChI is InChI=1S/C27H26N2O4/c1-4-18-10-14-20(15-11-18)29-26(30)24(19-12-16-21(17-13-19)33-5-2)25(27(29)31)28-22-8-6-7-9-23(22)32-3/h6-17,28H,4-5H2,1-3H3. The fourth-order valence-corrected chi connectivity index (χ4v) is 3.80. The molecule has 1 heterocycles. The molecule has 1 N–H and O–H groups in total. The summed E-state index contributed by atoms with van der Waals surface area (Å²) < 4.78 is 11.0. The zero-order valence-corrected chi connectivity index (χ0v) is 18.9. The maximum absolute atomic E-state index is 13.6. The minimum atomic E-state index is -0.418. The Morgan fingerprint density at radius 3 is 2.18 bits per heavy atom. The van der Waals surface area contributed by atoms with Crippen molar-refractivity contribution in [3.05, 3.63) is 89.6 Å². The summed E-state index contributed by atoms with van der Waals surface area (Å²) in [5.41, 5.74) is 3.39. The second-order valence-electron chi connectivity index (χ2n) is 7.50. The minimum absolute atomic E-state index is 0.202. The average molecular weight is 443 g/mol. The molecule has 4 rings (SSSR count). The van der Waals surface area contributed by atoms with E-state index < -0.39 is 5.91 Å². The number of imide groups is 1. The molecule has 0 radical (unpaired) electrons. The van der Waals surface area contributed by atoms with Gasteiger partial charge in [-0.3, -0.25) is 9.59 Å². The maximum Gasteiger partial charge on any atom is 0.282 e. The van der Waals surface area contributed by atoms with E-state index in [-0.39, 0.29) is 11.6 Å². The highest BCUT2D eigenvalue weighted by Crippen LogP contribution is 2.36. The summed E-state index contributed by atoms with van der Waals surface area (Å²) in [4.78, 5) is 28.3. The molecule has 0 fully saturated rings. The number of hydrogen-bond donors (Lipinski definition) is 1. The molecule has 3 aromatic carbocycles. The Morgan fingerprint density at radius 1 is 0.848 bits per heavy atom. The zero-order valence-electron chi connectivity index (χ0n) is 18.9. The van der Waals surface area contributed by atoms with Gasteiger partial charge in [-0.2, -0.15) is 0 Å². The van der Waals surface area contributed by atoms with Crippen molar-refractivity contribution in [1.29, 1.82) is 0 Å². The Balaban J connectivity index is 1.79. The fourth-order valence-electron chi connectivity index (χ4n) is 3.80. The molecule has 0 bridgehead atoms. The summed E-state index contributed by atoms with van der Waals surface area (Å²) >= 11 is 0. The van der Waals surface area contributed by atoms with Crippen LogP contribution in [0, 0.1) is 0 Å². The Hall–Kier alpha value is -4.06. The van der Waals surface area contributed by atoms with E-state index in [1.165, 1.54) is 4.90 Å². The third kappa shape index (κ3) is 4.32. The number of carbonyl (C=O) groups excluding carboxylic acids is 2. The molecule has 0 saturated carbocycles. The summed E-state index contributed by atoms with van der Waals surface area (Å²) in [7, 11) is 1.56. The van der Waals surface area contributed by atoms with Crippen molar-refractivity contribution in [2.45, 2.75) is 20.3 Å². The molecule has 168 valence electrons. The van der Waals surface area contributed by atoms with Gasteiger partial charge in [0.05, 0.1) is 30.7 Å². The van der Waals surface area contributed by atoms with Gasteiger partial charge in [0.25, 0.3) is 11.8 Å². The lowest BCUT2D eigenvalue weighted by Gasteiger charge is -2.16. The molecule has 6 heteroatoms. The number of methoxy groups -OCH3 is 1. The van der Waals surface area contributed by atoms with E-state index in [0.717, 1.165) is 12.0 Å². The lowest BCUT2D eigenvalue weighted by Crippen LogP contribution is -2.32. The van der Waals surface area contributed by atoms with Crippen LogP contribution in [0.15, 0.2) is 78.5 Å². The molecule has 2 amide bonds. The topological polar surface area (TPSA) is 67.9 Å². The SMILES string of the molecule is CCOc1ccc(C2=C(Nc3ccccc3OC)C(=O)N(c3ccc(CC)cc3)C2=O)cc1. The van der Waals surface area contributed by atoms with E-state index >= 15 is 0 Å². The molecule has 0 atom stereocenters. The predicted molar refractivity (Wildman–Crippen MR) is 129 cm³/mol. The normalized spacial score (nSPS) is 13.5. The highest BCUT2D eigenvalue weighted by atomic mass is 16.5. The third-order valence-electron chi connectivity index (χ3n) is 5.51. The molecule has 6 nitrogen and oxygen atoms in total. The molecule has 0 aliphatic carbocycles. The second-order valence-corrected chi connectivity index (χ2v) is 7.50. The number of benzene rings is 3. The molecule has 0 unspecified atom stereocenters. The van der Waals surface area contributed by atoms with Crippen molar-refractivity contribution in [3.8, 4) is 11.5 Å². The molecule has 0 saturated heterocycles. The van der Waals surface area contributed by atoms with E-state index in [4.69, 9.17) is 9.47 Å². The lowest BCUT2D eigenvalue weighted by molar-refractivity contribution is -0.120. The number of aryl methyl sites for hydroxylation is 1. The van der Waals surface area contributed by atoms with Gasteiger partial charge in [-0.1, -0.05) is 43.3 Å². The van der Waals surface area contributed by atoms with Crippen LogP contribution in [0.3, 0.4) is 0 Å². The Bertz CT molecular complexity index is 1200. The summed E-state index contributed by atoms with van der Waals surface area (Å²) in [6.07, 6.45) is 0.873. The fraction of sp³-hybridized carbons (Fsp3) is 0.185. The molecular formula is C27H26N2O4. The van der Waals surface area contributed by atoms with Crippen LogP contribution >= 0.6 is 0 Å². The van der Waals surface area contributed by atoms with Gasteiger partial charge in [0, 0.05) is 0 Å². The van der Waals surface area contributed by atoms with Crippen LogP contribution < -0.4 is 19.7 Å². The maximum atomic E-state index is 13.6. The van der Waals surface area contributed by atoms with Crippen molar-refractivity contribution in [2.24, 2.45) is 0 Å². The summed E-state index contributed by atoms with van der Waals surface area (Å²) in [5.74, 6) is 0.469. The lowest BCUT2D eigenvalue weighted by atomic mass is 10.0. The van der Waals surface area contributed by atoms with Gasteiger partial charge >= 0.3 is 0 Å². The van der Waals surface area contributed by atoms with Crippen molar-refractivity contribution >= 4 is 28.8 Å². The quantitative estimate of drug-likeness (QED) is 0.494. The van der Waals surface area contributed by atoms with Crippen molar-refractivity contribution < 1.29 is 19.1 Å². The molecule has 0 aromatic heterocycles.